The number of amides is 2. The summed E-state index contributed by atoms with van der Waals surface area (Å²) in [7, 11) is 3.88. The van der Waals surface area contributed by atoms with Crippen LogP contribution in [0.15, 0.2) is 29.1 Å². The van der Waals surface area contributed by atoms with Gasteiger partial charge in [0.25, 0.3) is 5.91 Å². The van der Waals surface area contributed by atoms with Crippen molar-refractivity contribution >= 4 is 23.2 Å². The lowest BCUT2D eigenvalue weighted by Crippen LogP contribution is -2.50. The number of piperidine rings is 1. The average Bonchev–Trinajstić information content (AvgIpc) is 3.28. The smallest absolute Gasteiger partial charge is 0.250 e. The minimum absolute atomic E-state index is 0.196. The molecule has 1 fully saturated rings. The van der Waals surface area contributed by atoms with Crippen LogP contribution >= 0.6 is 11.3 Å². The number of carbonyl (C=O) groups excluding carboxylic acids is 2. The van der Waals surface area contributed by atoms with E-state index in [0.29, 0.717) is 24.7 Å². The lowest BCUT2D eigenvalue weighted by molar-refractivity contribution is -0.136. The number of nitrogens with zero attached hydrogens (tertiary/aromatic N) is 4. The third-order valence-corrected chi connectivity index (χ3v) is 7.28. The average molecular weight is 472 g/mol. The molecule has 0 aliphatic carbocycles. The van der Waals surface area contributed by atoms with Gasteiger partial charge < -0.3 is 20.4 Å². The van der Waals surface area contributed by atoms with Crippen LogP contribution in [0.25, 0.3) is 0 Å². The van der Waals surface area contributed by atoms with E-state index in [1.54, 1.807) is 17.5 Å². The van der Waals surface area contributed by atoms with E-state index in [0.717, 1.165) is 50.0 Å². The fraction of sp³-hybridized carbons (Fsp3) is 0.560. The van der Waals surface area contributed by atoms with Crippen LogP contribution in [0.5, 0.6) is 0 Å². The van der Waals surface area contributed by atoms with Gasteiger partial charge in [-0.05, 0) is 87.6 Å². The highest BCUT2D eigenvalue weighted by Crippen LogP contribution is 2.23. The summed E-state index contributed by atoms with van der Waals surface area (Å²) in [5, 5.41) is 4.20. The van der Waals surface area contributed by atoms with E-state index < -0.39 is 5.91 Å². The van der Waals surface area contributed by atoms with Gasteiger partial charge in [0.1, 0.15) is 0 Å². The van der Waals surface area contributed by atoms with Crippen LogP contribution in [0.1, 0.15) is 53.4 Å². The van der Waals surface area contributed by atoms with Crippen LogP contribution in [0, 0.1) is 6.92 Å². The van der Waals surface area contributed by atoms with Gasteiger partial charge in [-0.2, -0.15) is 11.3 Å². The second-order valence-electron chi connectivity index (χ2n) is 9.36. The number of thiophene rings is 1. The molecule has 3 rings (SSSR count). The maximum Gasteiger partial charge on any atom is 0.250 e. The highest BCUT2D eigenvalue weighted by atomic mass is 32.1. The molecule has 2 aromatic heterocycles. The number of likely N-dealkylation sites (tertiary alicyclic amines) is 1. The van der Waals surface area contributed by atoms with Crippen LogP contribution < -0.4 is 5.73 Å². The Balaban J connectivity index is 1.57. The first-order valence-corrected chi connectivity index (χ1v) is 12.6. The summed E-state index contributed by atoms with van der Waals surface area (Å²) in [6.45, 7) is 7.19. The Morgan fingerprint density at radius 3 is 2.61 bits per heavy atom. The fourth-order valence-electron chi connectivity index (χ4n) is 4.67. The van der Waals surface area contributed by atoms with Crippen LogP contribution in [0.4, 0.5) is 0 Å². The first-order valence-electron chi connectivity index (χ1n) is 11.7. The number of aromatic nitrogens is 1. The number of pyridine rings is 1. The SMILES string of the molecule is Cc1ccnc(CC[C@@H](C)N2CCC(N(Cc3ccsc3)C(=O)CN(C)C)CC2)c1C(N)=O. The van der Waals surface area contributed by atoms with E-state index in [9.17, 15) is 9.59 Å². The second kappa shape index (κ2) is 11.7. The molecule has 1 aliphatic rings. The molecule has 2 amide bonds. The van der Waals surface area contributed by atoms with Crippen LogP contribution in [0.3, 0.4) is 0 Å². The molecule has 2 N–H and O–H groups in total. The van der Waals surface area contributed by atoms with Gasteiger partial charge in [-0.3, -0.25) is 14.6 Å². The third-order valence-electron chi connectivity index (χ3n) is 6.55. The van der Waals surface area contributed by atoms with Crippen molar-refractivity contribution in [3.05, 3.63) is 51.5 Å². The monoisotopic (exact) mass is 471 g/mol. The first kappa shape index (κ1) is 25.3. The second-order valence-corrected chi connectivity index (χ2v) is 10.1. The summed E-state index contributed by atoms with van der Waals surface area (Å²) in [6.07, 6.45) is 5.35. The standard InChI is InChI=1S/C25H37N5O2S/c1-18-7-11-27-22(24(18)25(26)32)6-5-19(2)29-12-8-21(9-13-29)30(23(31)16-28(3)4)15-20-10-14-33-17-20/h7,10-11,14,17,19,21H,5-6,8-9,12-13,15-16H2,1-4H3,(H2,26,32)/t19-/m1/s1. The summed E-state index contributed by atoms with van der Waals surface area (Å²) in [6, 6.07) is 4.58. The number of rotatable bonds is 10. The molecule has 1 aliphatic heterocycles. The zero-order chi connectivity index (χ0) is 24.0. The van der Waals surface area contributed by atoms with Crippen molar-refractivity contribution in [2.45, 2.75) is 58.2 Å². The molecular weight excluding hydrogens is 434 g/mol. The minimum atomic E-state index is -0.405. The van der Waals surface area contributed by atoms with Crippen molar-refractivity contribution in [1.82, 2.24) is 19.7 Å². The van der Waals surface area contributed by atoms with Gasteiger partial charge in [0.15, 0.2) is 0 Å². The number of likely N-dealkylation sites (N-methyl/N-ethyl adjacent to an activating group) is 1. The van der Waals surface area contributed by atoms with E-state index in [1.165, 1.54) is 5.56 Å². The van der Waals surface area contributed by atoms with Crippen molar-refractivity contribution in [3.8, 4) is 0 Å². The zero-order valence-electron chi connectivity index (χ0n) is 20.3. The van der Waals surface area contributed by atoms with E-state index in [2.05, 4.69) is 38.5 Å². The molecule has 3 heterocycles. The normalized spacial score (nSPS) is 16.2. The Kier molecular flexibility index (Phi) is 9.00. The Hall–Kier alpha value is -2.29. The highest BCUT2D eigenvalue weighted by molar-refractivity contribution is 7.07. The molecule has 0 spiro atoms. The zero-order valence-corrected chi connectivity index (χ0v) is 21.1. The summed E-state index contributed by atoms with van der Waals surface area (Å²) >= 11 is 1.67. The molecule has 7 nitrogen and oxygen atoms in total. The van der Waals surface area contributed by atoms with E-state index >= 15 is 0 Å². The predicted octanol–water partition coefficient (Wildman–Crippen LogP) is 2.93. The highest BCUT2D eigenvalue weighted by Gasteiger charge is 2.30. The Labute approximate surface area is 201 Å². The molecule has 0 saturated carbocycles. The van der Waals surface area contributed by atoms with E-state index in [-0.39, 0.29) is 11.9 Å². The largest absolute Gasteiger partial charge is 0.366 e. The number of hydrogen-bond acceptors (Lipinski definition) is 6. The molecule has 1 atom stereocenters. The number of nitrogens with two attached hydrogens (primary N) is 1. The molecule has 0 aromatic carbocycles. The summed E-state index contributed by atoms with van der Waals surface area (Å²) in [5.74, 6) is -0.209. The predicted molar refractivity (Wildman–Crippen MR) is 133 cm³/mol. The maximum absolute atomic E-state index is 13.0. The molecule has 8 heteroatoms. The minimum Gasteiger partial charge on any atom is -0.366 e. The fourth-order valence-corrected chi connectivity index (χ4v) is 5.33. The summed E-state index contributed by atoms with van der Waals surface area (Å²) < 4.78 is 0. The number of hydrogen-bond donors (Lipinski definition) is 1. The molecular formula is C25H37N5O2S. The van der Waals surface area contributed by atoms with E-state index in [4.69, 9.17) is 5.73 Å². The number of aryl methyl sites for hydroxylation is 2. The van der Waals surface area contributed by atoms with Gasteiger partial charge in [-0.1, -0.05) is 0 Å². The molecule has 180 valence electrons. The first-order chi connectivity index (χ1) is 15.8. The molecule has 0 radical (unpaired) electrons. The molecule has 33 heavy (non-hydrogen) atoms. The van der Waals surface area contributed by atoms with Gasteiger partial charge in [-0.25, -0.2) is 0 Å². The quantitative estimate of drug-likeness (QED) is 0.576. The van der Waals surface area contributed by atoms with Gasteiger partial charge in [0.05, 0.1) is 17.8 Å². The van der Waals surface area contributed by atoms with Gasteiger partial charge in [0.2, 0.25) is 5.91 Å². The summed E-state index contributed by atoms with van der Waals surface area (Å²) in [4.78, 5) is 35.8. The Bertz CT molecular complexity index is 923. The molecule has 0 unspecified atom stereocenters. The number of carbonyl (C=O) groups is 2. The molecule has 2 aromatic rings. The lowest BCUT2D eigenvalue weighted by atomic mass is 9.98. The van der Waals surface area contributed by atoms with Crippen LogP contribution in [-0.2, 0) is 17.8 Å². The van der Waals surface area contributed by atoms with Crippen molar-refractivity contribution in [3.63, 3.8) is 0 Å². The number of primary amides is 1. The Morgan fingerprint density at radius 1 is 1.27 bits per heavy atom. The molecule has 1 saturated heterocycles. The third kappa shape index (κ3) is 6.85. The lowest BCUT2D eigenvalue weighted by Gasteiger charge is -2.41. The topological polar surface area (TPSA) is 82.8 Å². The summed E-state index contributed by atoms with van der Waals surface area (Å²) in [5.41, 5.74) is 9.03. The van der Waals surface area contributed by atoms with Crippen molar-refractivity contribution in [1.29, 1.82) is 0 Å². The van der Waals surface area contributed by atoms with Crippen molar-refractivity contribution in [2.24, 2.45) is 5.73 Å². The van der Waals surface area contributed by atoms with Crippen molar-refractivity contribution in [2.75, 3.05) is 33.7 Å². The van der Waals surface area contributed by atoms with E-state index in [1.807, 2.05) is 32.0 Å². The van der Waals surface area contributed by atoms with Gasteiger partial charge in [-0.15, -0.1) is 0 Å². The van der Waals surface area contributed by atoms with Gasteiger partial charge in [0, 0.05) is 37.9 Å². The van der Waals surface area contributed by atoms with Crippen LogP contribution in [0.2, 0.25) is 0 Å². The van der Waals surface area contributed by atoms with Crippen molar-refractivity contribution < 1.29 is 9.59 Å². The van der Waals surface area contributed by atoms with Crippen LogP contribution in [-0.4, -0.2) is 77.3 Å². The van der Waals surface area contributed by atoms with Gasteiger partial charge >= 0.3 is 0 Å². The Morgan fingerprint density at radius 2 is 2.00 bits per heavy atom. The molecule has 0 bridgehead atoms. The maximum atomic E-state index is 13.0.